The van der Waals surface area contributed by atoms with Gasteiger partial charge in [0.2, 0.25) is 5.95 Å². The van der Waals surface area contributed by atoms with Crippen LogP contribution >= 0.6 is 0 Å². The minimum absolute atomic E-state index is 0.169. The molecular formula is C17H24N8O. The van der Waals surface area contributed by atoms with Gasteiger partial charge in [-0.25, -0.2) is 10.1 Å². The van der Waals surface area contributed by atoms with Crippen molar-refractivity contribution in [3.8, 4) is 0 Å². The van der Waals surface area contributed by atoms with Crippen molar-refractivity contribution in [2.45, 2.75) is 13.0 Å². The number of aromatic nitrogens is 4. The van der Waals surface area contributed by atoms with Gasteiger partial charge in [0.05, 0.1) is 17.6 Å². The van der Waals surface area contributed by atoms with E-state index in [4.69, 9.17) is 9.97 Å². The first kappa shape index (κ1) is 16.8. The molecule has 4 rings (SSSR count). The van der Waals surface area contributed by atoms with E-state index < -0.39 is 0 Å². The zero-order valence-electron chi connectivity index (χ0n) is 15.2. The summed E-state index contributed by atoms with van der Waals surface area (Å²) >= 11 is 0. The van der Waals surface area contributed by atoms with Gasteiger partial charge in [0, 0.05) is 58.4 Å². The number of hydrogen-bond acceptors (Lipinski definition) is 8. The van der Waals surface area contributed by atoms with Crippen molar-refractivity contribution in [3.05, 3.63) is 33.9 Å². The molecule has 9 heteroatoms. The molecule has 0 aliphatic carbocycles. The van der Waals surface area contributed by atoms with Crippen molar-refractivity contribution in [2.24, 2.45) is 0 Å². The Morgan fingerprint density at radius 2 is 1.88 bits per heavy atom. The maximum absolute atomic E-state index is 11.5. The maximum atomic E-state index is 11.5. The van der Waals surface area contributed by atoms with Crippen LogP contribution in [-0.2, 0) is 13.0 Å². The standard InChI is InChI=1S/C17H24N8O/c1-23(2)17-20-14-11-18-4-3-13(14)16(21-17)25-7-5-24(6-8-25)12-9-15(26)22-19-10-12/h9-10,18H,3-8,11H2,1-2H3,(H,22,26). The summed E-state index contributed by atoms with van der Waals surface area (Å²) in [5, 5.41) is 9.72. The van der Waals surface area contributed by atoms with E-state index in [0.29, 0.717) is 0 Å². The van der Waals surface area contributed by atoms with E-state index in [0.717, 1.165) is 68.8 Å². The SMILES string of the molecule is CN(C)c1nc2c(c(N3CCN(c4cn[nH]c(=O)c4)CC3)n1)CCNC2. The van der Waals surface area contributed by atoms with Gasteiger partial charge in [-0.1, -0.05) is 0 Å². The van der Waals surface area contributed by atoms with Crippen molar-refractivity contribution in [1.29, 1.82) is 0 Å². The Bertz CT molecular complexity index is 841. The average Bonchev–Trinajstić information content (AvgIpc) is 2.67. The van der Waals surface area contributed by atoms with E-state index in [-0.39, 0.29) is 5.56 Å². The summed E-state index contributed by atoms with van der Waals surface area (Å²) in [7, 11) is 3.94. The summed E-state index contributed by atoms with van der Waals surface area (Å²) in [5.41, 5.74) is 3.07. The molecule has 0 unspecified atom stereocenters. The predicted octanol–water partition coefficient (Wildman–Crippen LogP) is -0.402. The van der Waals surface area contributed by atoms with Gasteiger partial charge in [-0.15, -0.1) is 0 Å². The third kappa shape index (κ3) is 3.22. The zero-order valence-corrected chi connectivity index (χ0v) is 15.2. The average molecular weight is 356 g/mol. The highest BCUT2D eigenvalue weighted by atomic mass is 16.1. The van der Waals surface area contributed by atoms with Gasteiger partial charge in [-0.3, -0.25) is 4.79 Å². The molecule has 0 radical (unpaired) electrons. The number of rotatable bonds is 3. The van der Waals surface area contributed by atoms with E-state index in [1.165, 1.54) is 5.56 Å². The van der Waals surface area contributed by atoms with Crippen LogP contribution in [0.3, 0.4) is 0 Å². The molecule has 0 bridgehead atoms. The lowest BCUT2D eigenvalue weighted by molar-refractivity contribution is 0.604. The Hall–Kier alpha value is -2.68. The van der Waals surface area contributed by atoms with Crippen LogP contribution < -0.4 is 25.6 Å². The van der Waals surface area contributed by atoms with Gasteiger partial charge in [0.1, 0.15) is 5.82 Å². The van der Waals surface area contributed by atoms with Crippen molar-refractivity contribution < 1.29 is 0 Å². The number of nitrogens with zero attached hydrogens (tertiary/aromatic N) is 6. The number of nitrogens with one attached hydrogen (secondary N) is 2. The van der Waals surface area contributed by atoms with E-state index in [1.807, 2.05) is 19.0 Å². The second-order valence-corrected chi connectivity index (χ2v) is 6.87. The van der Waals surface area contributed by atoms with Crippen LogP contribution in [0.25, 0.3) is 0 Å². The first-order valence-electron chi connectivity index (χ1n) is 8.94. The molecule has 1 fully saturated rings. The quantitative estimate of drug-likeness (QED) is 0.767. The van der Waals surface area contributed by atoms with Gasteiger partial charge in [0.25, 0.3) is 5.56 Å². The monoisotopic (exact) mass is 356 g/mol. The van der Waals surface area contributed by atoms with Gasteiger partial charge >= 0.3 is 0 Å². The Labute approximate surface area is 152 Å². The molecule has 138 valence electrons. The van der Waals surface area contributed by atoms with Crippen molar-refractivity contribution in [2.75, 3.05) is 61.5 Å². The minimum atomic E-state index is -0.169. The molecule has 0 aromatic carbocycles. The van der Waals surface area contributed by atoms with Crippen LogP contribution in [0.2, 0.25) is 0 Å². The highest BCUT2D eigenvalue weighted by molar-refractivity contribution is 5.55. The summed E-state index contributed by atoms with van der Waals surface area (Å²) in [6, 6.07) is 1.60. The molecule has 0 saturated carbocycles. The summed E-state index contributed by atoms with van der Waals surface area (Å²) in [4.78, 5) is 27.5. The number of piperazine rings is 1. The molecule has 2 aliphatic heterocycles. The minimum Gasteiger partial charge on any atom is -0.367 e. The first-order valence-corrected chi connectivity index (χ1v) is 8.94. The van der Waals surface area contributed by atoms with Crippen LogP contribution in [0.15, 0.2) is 17.1 Å². The van der Waals surface area contributed by atoms with Gasteiger partial charge < -0.3 is 20.0 Å². The van der Waals surface area contributed by atoms with E-state index in [1.54, 1.807) is 12.3 Å². The molecule has 0 spiro atoms. The second-order valence-electron chi connectivity index (χ2n) is 6.87. The Kier molecular flexibility index (Phi) is 4.46. The van der Waals surface area contributed by atoms with Crippen molar-refractivity contribution in [3.63, 3.8) is 0 Å². The lowest BCUT2D eigenvalue weighted by atomic mass is 10.1. The van der Waals surface area contributed by atoms with E-state index >= 15 is 0 Å². The molecular weight excluding hydrogens is 332 g/mol. The summed E-state index contributed by atoms with van der Waals surface area (Å²) < 4.78 is 0. The molecule has 9 nitrogen and oxygen atoms in total. The Morgan fingerprint density at radius 1 is 1.12 bits per heavy atom. The molecule has 26 heavy (non-hydrogen) atoms. The molecule has 1 saturated heterocycles. The predicted molar refractivity (Wildman–Crippen MR) is 101 cm³/mol. The fraction of sp³-hybridized carbons (Fsp3) is 0.529. The lowest BCUT2D eigenvalue weighted by Crippen LogP contribution is -2.48. The number of aromatic amines is 1. The van der Waals surface area contributed by atoms with Gasteiger partial charge in [-0.2, -0.15) is 10.1 Å². The fourth-order valence-electron chi connectivity index (χ4n) is 3.50. The van der Waals surface area contributed by atoms with Crippen LogP contribution in [0.5, 0.6) is 0 Å². The molecule has 0 amide bonds. The molecule has 0 atom stereocenters. The van der Waals surface area contributed by atoms with Crippen LogP contribution in [0.1, 0.15) is 11.3 Å². The lowest BCUT2D eigenvalue weighted by Gasteiger charge is -2.38. The molecule has 4 heterocycles. The molecule has 2 aromatic heterocycles. The maximum Gasteiger partial charge on any atom is 0.266 e. The number of fused-ring (bicyclic) bond motifs is 1. The molecule has 2 aromatic rings. The normalized spacial score (nSPS) is 17.2. The molecule has 2 aliphatic rings. The summed E-state index contributed by atoms with van der Waals surface area (Å²) in [6.45, 7) is 5.14. The summed E-state index contributed by atoms with van der Waals surface area (Å²) in [5.74, 6) is 1.81. The van der Waals surface area contributed by atoms with Gasteiger partial charge in [-0.05, 0) is 13.0 Å². The fourth-order valence-corrected chi connectivity index (χ4v) is 3.50. The Morgan fingerprint density at radius 3 is 2.62 bits per heavy atom. The number of hydrogen-bond donors (Lipinski definition) is 2. The highest BCUT2D eigenvalue weighted by Crippen LogP contribution is 2.27. The third-order valence-corrected chi connectivity index (χ3v) is 4.90. The number of H-pyrrole nitrogens is 1. The smallest absolute Gasteiger partial charge is 0.266 e. The topological polar surface area (TPSA) is 93.3 Å². The number of anilines is 3. The van der Waals surface area contributed by atoms with Gasteiger partial charge in [0.15, 0.2) is 0 Å². The molecule has 2 N–H and O–H groups in total. The first-order chi connectivity index (χ1) is 12.6. The van der Waals surface area contributed by atoms with Crippen LogP contribution in [0.4, 0.5) is 17.5 Å². The second kappa shape index (κ2) is 6.91. The van der Waals surface area contributed by atoms with Crippen LogP contribution in [0, 0.1) is 0 Å². The zero-order chi connectivity index (χ0) is 18.1. The van der Waals surface area contributed by atoms with E-state index in [9.17, 15) is 4.79 Å². The van der Waals surface area contributed by atoms with Crippen molar-refractivity contribution >= 4 is 17.5 Å². The third-order valence-electron chi connectivity index (χ3n) is 4.90. The van der Waals surface area contributed by atoms with Crippen LogP contribution in [-0.4, -0.2) is 67.0 Å². The van der Waals surface area contributed by atoms with E-state index in [2.05, 4.69) is 25.3 Å². The summed E-state index contributed by atoms with van der Waals surface area (Å²) in [6.07, 6.45) is 2.66. The Balaban J connectivity index is 1.57. The largest absolute Gasteiger partial charge is 0.367 e. The van der Waals surface area contributed by atoms with Crippen molar-refractivity contribution in [1.82, 2.24) is 25.5 Å². The highest BCUT2D eigenvalue weighted by Gasteiger charge is 2.25.